The summed E-state index contributed by atoms with van der Waals surface area (Å²) in [5.74, 6) is 0.814. The Morgan fingerprint density at radius 3 is 2.62 bits per heavy atom. The number of hydrogen-bond acceptors (Lipinski definition) is 4. The van der Waals surface area contributed by atoms with Crippen molar-refractivity contribution in [3.8, 4) is 5.75 Å². The predicted molar refractivity (Wildman–Crippen MR) is 94.2 cm³/mol. The molecule has 0 bridgehead atoms. The van der Waals surface area contributed by atoms with Crippen LogP contribution in [0.5, 0.6) is 5.75 Å². The highest BCUT2D eigenvalue weighted by molar-refractivity contribution is 5.93. The van der Waals surface area contributed by atoms with Crippen LogP contribution in [0, 0.1) is 0 Å². The number of hydrogen-bond donors (Lipinski definition) is 2. The SMILES string of the molecule is CC(=O)N1c2ccccc2C(Oc2ccc(NCO)cc2)CC1C. The third kappa shape index (κ3) is 3.21. The zero-order chi connectivity index (χ0) is 17.1. The number of aliphatic hydroxyl groups excluding tert-OH is 1. The van der Waals surface area contributed by atoms with E-state index >= 15 is 0 Å². The maximum atomic E-state index is 12.0. The summed E-state index contributed by atoms with van der Waals surface area (Å²) in [4.78, 5) is 13.8. The summed E-state index contributed by atoms with van der Waals surface area (Å²) < 4.78 is 6.19. The van der Waals surface area contributed by atoms with Crippen LogP contribution in [0.3, 0.4) is 0 Å². The molecule has 2 N–H and O–H groups in total. The third-order valence-corrected chi connectivity index (χ3v) is 4.29. The quantitative estimate of drug-likeness (QED) is 0.846. The summed E-state index contributed by atoms with van der Waals surface area (Å²) in [7, 11) is 0. The maximum absolute atomic E-state index is 12.0. The summed E-state index contributed by atoms with van der Waals surface area (Å²) >= 11 is 0. The number of rotatable bonds is 4. The molecule has 1 aliphatic heterocycles. The molecule has 2 atom stereocenters. The van der Waals surface area contributed by atoms with Gasteiger partial charge in [-0.15, -0.1) is 0 Å². The molecule has 0 radical (unpaired) electrons. The Morgan fingerprint density at radius 1 is 1.25 bits per heavy atom. The lowest BCUT2D eigenvalue weighted by Gasteiger charge is -2.38. The fourth-order valence-electron chi connectivity index (χ4n) is 3.26. The molecular formula is C19H22N2O3. The van der Waals surface area contributed by atoms with E-state index in [2.05, 4.69) is 5.32 Å². The highest BCUT2D eigenvalue weighted by atomic mass is 16.5. The molecule has 2 unspecified atom stereocenters. The highest BCUT2D eigenvalue weighted by Gasteiger charge is 2.33. The van der Waals surface area contributed by atoms with Gasteiger partial charge in [0, 0.05) is 30.6 Å². The molecule has 0 spiro atoms. The van der Waals surface area contributed by atoms with Gasteiger partial charge in [0.2, 0.25) is 5.91 Å². The first-order valence-electron chi connectivity index (χ1n) is 8.10. The summed E-state index contributed by atoms with van der Waals surface area (Å²) in [6.07, 6.45) is 0.649. The second-order valence-electron chi connectivity index (χ2n) is 6.00. The fourth-order valence-corrected chi connectivity index (χ4v) is 3.26. The van der Waals surface area contributed by atoms with Crippen molar-refractivity contribution < 1.29 is 14.6 Å². The molecule has 2 aromatic rings. The number of fused-ring (bicyclic) bond motifs is 1. The van der Waals surface area contributed by atoms with Gasteiger partial charge in [-0.1, -0.05) is 18.2 Å². The number of benzene rings is 2. The predicted octanol–water partition coefficient (Wildman–Crippen LogP) is 3.31. The molecule has 1 heterocycles. The van der Waals surface area contributed by atoms with Crippen molar-refractivity contribution in [3.05, 3.63) is 54.1 Å². The summed E-state index contributed by atoms with van der Waals surface area (Å²) in [5, 5.41) is 11.7. The molecule has 1 aliphatic rings. The first-order valence-corrected chi connectivity index (χ1v) is 8.10. The minimum absolute atomic E-state index is 0.0489. The smallest absolute Gasteiger partial charge is 0.224 e. The van der Waals surface area contributed by atoms with Crippen molar-refractivity contribution in [2.24, 2.45) is 0 Å². The van der Waals surface area contributed by atoms with Gasteiger partial charge in [0.15, 0.2) is 0 Å². The minimum Gasteiger partial charge on any atom is -0.486 e. The van der Waals surface area contributed by atoms with Crippen LogP contribution in [0.15, 0.2) is 48.5 Å². The first-order chi connectivity index (χ1) is 11.6. The van der Waals surface area contributed by atoms with Crippen LogP contribution in [0.2, 0.25) is 0 Å². The van der Waals surface area contributed by atoms with Crippen LogP contribution in [-0.4, -0.2) is 23.8 Å². The number of para-hydroxylation sites is 1. The Kier molecular flexibility index (Phi) is 4.71. The van der Waals surface area contributed by atoms with E-state index in [1.165, 1.54) is 0 Å². The number of carbonyl (C=O) groups excluding carboxylic acids is 1. The van der Waals surface area contributed by atoms with Gasteiger partial charge in [-0.05, 0) is 37.3 Å². The third-order valence-electron chi connectivity index (χ3n) is 4.29. The zero-order valence-corrected chi connectivity index (χ0v) is 13.9. The number of nitrogens with zero attached hydrogens (tertiary/aromatic N) is 1. The molecule has 5 heteroatoms. The molecule has 0 saturated heterocycles. The second kappa shape index (κ2) is 6.93. The lowest BCUT2D eigenvalue weighted by atomic mass is 9.93. The average Bonchev–Trinajstić information content (AvgIpc) is 2.56. The Hall–Kier alpha value is -2.53. The first kappa shape index (κ1) is 16.3. The summed E-state index contributed by atoms with van der Waals surface area (Å²) in [6, 6.07) is 15.5. The molecule has 0 fully saturated rings. The fraction of sp³-hybridized carbons (Fsp3) is 0.316. The average molecular weight is 326 g/mol. The number of ether oxygens (including phenoxy) is 1. The molecule has 126 valence electrons. The van der Waals surface area contributed by atoms with Crippen LogP contribution < -0.4 is 15.0 Å². The minimum atomic E-state index is -0.103. The van der Waals surface area contributed by atoms with E-state index in [9.17, 15) is 4.79 Å². The van der Waals surface area contributed by atoms with E-state index in [-0.39, 0.29) is 24.8 Å². The Morgan fingerprint density at radius 2 is 1.96 bits per heavy atom. The van der Waals surface area contributed by atoms with E-state index in [1.807, 2.05) is 60.4 Å². The van der Waals surface area contributed by atoms with Gasteiger partial charge in [0.25, 0.3) is 0 Å². The number of amides is 1. The van der Waals surface area contributed by atoms with Crippen LogP contribution in [0.25, 0.3) is 0 Å². The standard InChI is InChI=1S/C19H22N2O3/c1-13-11-19(24-16-9-7-15(8-10-16)20-12-22)17-5-3-4-6-18(17)21(13)14(2)23/h3-10,13,19-20,22H,11-12H2,1-2H3. The summed E-state index contributed by atoms with van der Waals surface area (Å²) in [5.41, 5.74) is 2.79. The molecule has 0 aromatic heterocycles. The monoisotopic (exact) mass is 326 g/mol. The van der Waals surface area contributed by atoms with Gasteiger partial charge < -0.3 is 20.1 Å². The molecule has 1 amide bonds. The van der Waals surface area contributed by atoms with Crippen LogP contribution >= 0.6 is 0 Å². The van der Waals surface area contributed by atoms with Crippen LogP contribution in [0.4, 0.5) is 11.4 Å². The Bertz CT molecular complexity index is 715. The zero-order valence-electron chi connectivity index (χ0n) is 13.9. The number of anilines is 2. The van der Waals surface area contributed by atoms with Gasteiger partial charge in [-0.3, -0.25) is 4.79 Å². The lowest BCUT2D eigenvalue weighted by molar-refractivity contribution is -0.117. The number of carbonyl (C=O) groups is 1. The molecule has 0 saturated carbocycles. The van der Waals surface area contributed by atoms with Crippen molar-refractivity contribution >= 4 is 17.3 Å². The molecule has 5 nitrogen and oxygen atoms in total. The lowest BCUT2D eigenvalue weighted by Crippen LogP contribution is -2.42. The van der Waals surface area contributed by atoms with Gasteiger partial charge in [-0.25, -0.2) is 0 Å². The summed E-state index contributed by atoms with van der Waals surface area (Å²) in [6.45, 7) is 3.54. The molecule has 0 aliphatic carbocycles. The largest absolute Gasteiger partial charge is 0.486 e. The van der Waals surface area contributed by atoms with Gasteiger partial charge in [0.05, 0.1) is 5.69 Å². The number of nitrogens with one attached hydrogen (secondary N) is 1. The Labute approximate surface area is 141 Å². The molecule has 3 rings (SSSR count). The van der Waals surface area contributed by atoms with Crippen molar-refractivity contribution in [2.45, 2.75) is 32.4 Å². The molecular weight excluding hydrogens is 304 g/mol. The van der Waals surface area contributed by atoms with Crippen molar-refractivity contribution in [3.63, 3.8) is 0 Å². The van der Waals surface area contributed by atoms with E-state index in [1.54, 1.807) is 6.92 Å². The van der Waals surface area contributed by atoms with E-state index in [4.69, 9.17) is 9.84 Å². The van der Waals surface area contributed by atoms with Gasteiger partial charge in [-0.2, -0.15) is 0 Å². The van der Waals surface area contributed by atoms with Crippen LogP contribution in [0.1, 0.15) is 31.9 Å². The van der Waals surface area contributed by atoms with Gasteiger partial charge in [0.1, 0.15) is 18.6 Å². The van der Waals surface area contributed by atoms with Crippen molar-refractivity contribution in [2.75, 3.05) is 16.9 Å². The Balaban J connectivity index is 1.86. The van der Waals surface area contributed by atoms with Crippen molar-refractivity contribution in [1.29, 1.82) is 0 Å². The number of aliphatic hydroxyl groups is 1. The van der Waals surface area contributed by atoms with E-state index in [0.29, 0.717) is 0 Å². The van der Waals surface area contributed by atoms with E-state index < -0.39 is 0 Å². The molecule has 2 aromatic carbocycles. The van der Waals surface area contributed by atoms with Crippen LogP contribution in [-0.2, 0) is 4.79 Å². The van der Waals surface area contributed by atoms with Crippen molar-refractivity contribution in [1.82, 2.24) is 0 Å². The molecule has 24 heavy (non-hydrogen) atoms. The highest BCUT2D eigenvalue weighted by Crippen LogP contribution is 2.39. The normalized spacial score (nSPS) is 19.5. The van der Waals surface area contributed by atoms with E-state index in [0.717, 1.165) is 29.1 Å². The second-order valence-corrected chi connectivity index (χ2v) is 6.00. The topological polar surface area (TPSA) is 61.8 Å². The van der Waals surface area contributed by atoms with Gasteiger partial charge >= 0.3 is 0 Å². The maximum Gasteiger partial charge on any atom is 0.224 e.